The Balaban J connectivity index is 0.000000557. The monoisotopic (exact) mass is 470 g/mol. The van der Waals surface area contributed by atoms with Crippen molar-refractivity contribution in [2.45, 2.75) is 76.8 Å². The van der Waals surface area contributed by atoms with Gasteiger partial charge in [0.1, 0.15) is 0 Å². The highest BCUT2D eigenvalue weighted by Crippen LogP contribution is 2.32. The van der Waals surface area contributed by atoms with Crippen molar-refractivity contribution in [1.82, 2.24) is 15.1 Å². The number of likely N-dealkylation sites (N-methyl/N-ethyl adjacent to an activating group) is 1. The topological polar surface area (TPSA) is 92.2 Å². The third kappa shape index (κ3) is 14.1. The molecule has 192 valence electrons. The number of piperidine rings is 1. The molecule has 2 aliphatic heterocycles. The SMILES string of the molecule is C1=CCCC=C1.C=CC.CCCNC1CCN(C2(CC#N)CN(C)C2)CC1.N=CCC/C=C\N. The number of nitrogens with zero attached hydrogens (tertiary/aromatic N) is 3. The molecule has 4 N–H and O–H groups in total. The molecule has 6 nitrogen and oxygen atoms in total. The maximum atomic E-state index is 9.04. The van der Waals surface area contributed by atoms with Crippen LogP contribution >= 0.6 is 0 Å². The lowest BCUT2D eigenvalue weighted by Gasteiger charge is -2.55. The molecular weight excluding hydrogens is 420 g/mol. The van der Waals surface area contributed by atoms with Crippen LogP contribution in [0.3, 0.4) is 0 Å². The van der Waals surface area contributed by atoms with Crippen molar-refractivity contribution in [2.24, 2.45) is 5.73 Å². The van der Waals surface area contributed by atoms with Gasteiger partial charge in [-0.25, -0.2) is 0 Å². The molecule has 2 heterocycles. The van der Waals surface area contributed by atoms with E-state index in [1.165, 1.54) is 44.5 Å². The Kier molecular flexibility index (Phi) is 20.0. The van der Waals surface area contributed by atoms with Crippen LogP contribution in [-0.2, 0) is 0 Å². The Morgan fingerprint density at radius 2 is 1.79 bits per heavy atom. The Labute approximate surface area is 209 Å². The molecule has 0 unspecified atom stereocenters. The minimum Gasteiger partial charge on any atom is -0.405 e. The normalized spacial score (nSPS) is 19.2. The molecule has 0 spiro atoms. The lowest BCUT2D eigenvalue weighted by molar-refractivity contribution is -0.0513. The predicted molar refractivity (Wildman–Crippen MR) is 148 cm³/mol. The molecule has 2 fully saturated rings. The third-order valence-electron chi connectivity index (χ3n) is 5.88. The summed E-state index contributed by atoms with van der Waals surface area (Å²) < 4.78 is 0. The number of hydrogen-bond acceptors (Lipinski definition) is 6. The average Bonchev–Trinajstić information content (AvgIpc) is 2.85. The van der Waals surface area contributed by atoms with E-state index in [0.717, 1.165) is 45.6 Å². The third-order valence-corrected chi connectivity index (χ3v) is 5.88. The van der Waals surface area contributed by atoms with Gasteiger partial charge in [-0.2, -0.15) is 5.26 Å². The fourth-order valence-electron chi connectivity index (χ4n) is 4.25. The van der Waals surface area contributed by atoms with Gasteiger partial charge in [0.2, 0.25) is 0 Å². The second-order valence-corrected chi connectivity index (χ2v) is 9.00. The summed E-state index contributed by atoms with van der Waals surface area (Å²) in [7, 11) is 2.14. The van der Waals surface area contributed by atoms with Crippen molar-refractivity contribution >= 4 is 6.21 Å². The quantitative estimate of drug-likeness (QED) is 0.263. The number of unbranched alkanes of at least 4 members (excludes halogenated alkanes) is 1. The van der Waals surface area contributed by atoms with Gasteiger partial charge in [-0.3, -0.25) is 4.90 Å². The first kappa shape index (κ1) is 31.8. The molecule has 3 rings (SSSR count). The Morgan fingerprint density at radius 1 is 1.21 bits per heavy atom. The van der Waals surface area contributed by atoms with E-state index < -0.39 is 0 Å². The summed E-state index contributed by atoms with van der Waals surface area (Å²) in [4.78, 5) is 4.89. The zero-order valence-corrected chi connectivity index (χ0v) is 22.0. The van der Waals surface area contributed by atoms with Crippen molar-refractivity contribution in [2.75, 3.05) is 39.8 Å². The second-order valence-electron chi connectivity index (χ2n) is 9.00. The molecule has 0 amide bonds. The van der Waals surface area contributed by atoms with Crippen LogP contribution < -0.4 is 11.1 Å². The molecular formula is C28H50N6. The summed E-state index contributed by atoms with van der Waals surface area (Å²) in [5, 5.41) is 19.2. The molecule has 0 radical (unpaired) electrons. The van der Waals surface area contributed by atoms with Crippen LogP contribution in [0.1, 0.15) is 65.2 Å². The minimum atomic E-state index is 0.166. The van der Waals surface area contributed by atoms with Gasteiger partial charge in [0, 0.05) is 32.2 Å². The average molecular weight is 471 g/mol. The van der Waals surface area contributed by atoms with E-state index in [1.807, 2.05) is 13.0 Å². The van der Waals surface area contributed by atoms with Crippen molar-refractivity contribution in [1.29, 1.82) is 10.7 Å². The first-order chi connectivity index (χ1) is 16.5. The summed E-state index contributed by atoms with van der Waals surface area (Å²) >= 11 is 0. The smallest absolute Gasteiger partial charge is 0.0642 e. The summed E-state index contributed by atoms with van der Waals surface area (Å²) in [6.45, 7) is 13.0. The molecule has 0 bridgehead atoms. The maximum Gasteiger partial charge on any atom is 0.0642 e. The van der Waals surface area contributed by atoms with Crippen molar-refractivity contribution in [3.05, 3.63) is 49.2 Å². The van der Waals surface area contributed by atoms with Gasteiger partial charge in [-0.15, -0.1) is 6.58 Å². The van der Waals surface area contributed by atoms with E-state index >= 15 is 0 Å². The van der Waals surface area contributed by atoms with Crippen LogP contribution in [0.15, 0.2) is 49.2 Å². The van der Waals surface area contributed by atoms with Gasteiger partial charge in [0.25, 0.3) is 0 Å². The Bertz CT molecular complexity index is 620. The fraction of sp³-hybridized carbons (Fsp3) is 0.643. The van der Waals surface area contributed by atoms with Gasteiger partial charge >= 0.3 is 0 Å². The molecule has 0 aromatic carbocycles. The van der Waals surface area contributed by atoms with E-state index in [-0.39, 0.29) is 5.54 Å². The minimum absolute atomic E-state index is 0.166. The van der Waals surface area contributed by atoms with E-state index in [1.54, 1.807) is 6.08 Å². The first-order valence-electron chi connectivity index (χ1n) is 12.8. The lowest BCUT2D eigenvalue weighted by Crippen LogP contribution is -2.70. The van der Waals surface area contributed by atoms with Crippen LogP contribution in [0.25, 0.3) is 0 Å². The Morgan fingerprint density at radius 3 is 2.18 bits per heavy atom. The van der Waals surface area contributed by atoms with Crippen LogP contribution in [0, 0.1) is 16.7 Å². The van der Waals surface area contributed by atoms with Crippen molar-refractivity contribution < 1.29 is 0 Å². The molecule has 2 saturated heterocycles. The Hall–Kier alpha value is -2.20. The van der Waals surface area contributed by atoms with Gasteiger partial charge in [-0.05, 0) is 77.9 Å². The lowest BCUT2D eigenvalue weighted by atomic mass is 9.83. The van der Waals surface area contributed by atoms with E-state index in [4.69, 9.17) is 16.4 Å². The highest BCUT2D eigenvalue weighted by Gasteiger charge is 2.46. The van der Waals surface area contributed by atoms with Crippen molar-refractivity contribution in [3.8, 4) is 6.07 Å². The first-order valence-corrected chi connectivity index (χ1v) is 12.8. The van der Waals surface area contributed by atoms with Crippen LogP contribution in [-0.4, -0.2) is 67.4 Å². The highest BCUT2D eigenvalue weighted by molar-refractivity contribution is 5.52. The standard InChI is InChI=1S/C14H26N4.C6H8.C5H10N2.C3H6/c1-3-8-16-13-4-9-18(10-5-13)14(6-7-15)11-17(2)12-14;1-2-4-6-5-3-1;6-4-2-1-3-5-7;1-3-2/h13,16H,3-6,8-12H2,1-2H3;1-4H,5-6H2;2,4-5,7H,1,3,6H2;3H,1H2,2H3/b;;4-2-,7-5?;. The van der Waals surface area contributed by atoms with E-state index in [9.17, 15) is 0 Å². The molecule has 3 aliphatic rings. The largest absolute Gasteiger partial charge is 0.405 e. The summed E-state index contributed by atoms with van der Waals surface area (Å²) in [5.41, 5.74) is 5.18. The number of nitrogens with two attached hydrogens (primary N) is 1. The number of nitrogens with one attached hydrogen (secondary N) is 2. The molecule has 34 heavy (non-hydrogen) atoms. The second kappa shape index (κ2) is 21.3. The van der Waals surface area contributed by atoms with Crippen LogP contribution in [0.5, 0.6) is 0 Å². The predicted octanol–water partition coefficient (Wildman–Crippen LogP) is 5.02. The van der Waals surface area contributed by atoms with Crippen LogP contribution in [0.4, 0.5) is 0 Å². The highest BCUT2D eigenvalue weighted by atomic mass is 15.3. The van der Waals surface area contributed by atoms with Crippen molar-refractivity contribution in [3.63, 3.8) is 0 Å². The number of allylic oxidation sites excluding steroid dienone is 6. The van der Waals surface area contributed by atoms with Gasteiger partial charge in [-0.1, -0.05) is 43.4 Å². The van der Waals surface area contributed by atoms with Crippen LogP contribution in [0.2, 0.25) is 0 Å². The summed E-state index contributed by atoms with van der Waals surface area (Å²) in [6.07, 6.45) is 23.5. The molecule has 1 aliphatic carbocycles. The van der Waals surface area contributed by atoms with Gasteiger partial charge < -0.3 is 21.4 Å². The van der Waals surface area contributed by atoms with Gasteiger partial charge in [0.05, 0.1) is 18.0 Å². The zero-order chi connectivity index (χ0) is 25.5. The summed E-state index contributed by atoms with van der Waals surface area (Å²) in [5.74, 6) is 0. The summed E-state index contributed by atoms with van der Waals surface area (Å²) in [6, 6.07) is 3.08. The van der Waals surface area contributed by atoms with E-state index in [0.29, 0.717) is 12.5 Å². The molecule has 0 saturated carbocycles. The number of rotatable bonds is 8. The molecule has 0 aromatic rings. The van der Waals surface area contributed by atoms with Gasteiger partial charge in [0.15, 0.2) is 0 Å². The van der Waals surface area contributed by atoms with E-state index in [2.05, 4.69) is 66.0 Å². The zero-order valence-electron chi connectivity index (χ0n) is 22.0. The number of hydrogen-bond donors (Lipinski definition) is 3. The molecule has 0 atom stereocenters. The number of nitriles is 1. The number of likely N-dealkylation sites (tertiary alicyclic amines) is 2. The fourth-order valence-corrected chi connectivity index (χ4v) is 4.25. The maximum absolute atomic E-state index is 9.04. The molecule has 6 heteroatoms. The molecule has 0 aromatic heterocycles.